The molecular weight excluding hydrogens is 218 g/mol. The molecule has 2 aromatic rings. The summed E-state index contributed by atoms with van der Waals surface area (Å²) < 4.78 is 0. The number of aliphatic hydroxyl groups excluding tert-OH is 1. The highest BCUT2D eigenvalue weighted by Gasteiger charge is 2.12. The van der Waals surface area contributed by atoms with Crippen molar-refractivity contribution in [2.75, 3.05) is 6.61 Å². The lowest BCUT2D eigenvalue weighted by Crippen LogP contribution is -2.08. The molecule has 1 unspecified atom stereocenters. The van der Waals surface area contributed by atoms with Crippen molar-refractivity contribution in [3.8, 4) is 0 Å². The molecule has 84 valence electrons. The number of thiazole rings is 1. The molecule has 0 spiro atoms. The van der Waals surface area contributed by atoms with Gasteiger partial charge in [0.15, 0.2) is 0 Å². The molecule has 2 nitrogen and oxygen atoms in total. The van der Waals surface area contributed by atoms with Gasteiger partial charge in [0.25, 0.3) is 0 Å². The average Bonchev–Trinajstić information content (AvgIpc) is 2.78. The van der Waals surface area contributed by atoms with Crippen molar-refractivity contribution in [1.29, 1.82) is 0 Å². The number of aromatic nitrogens is 1. The van der Waals surface area contributed by atoms with E-state index in [-0.39, 0.29) is 12.5 Å². The molecule has 1 N–H and O–H groups in total. The second-order valence-corrected chi connectivity index (χ2v) is 4.70. The van der Waals surface area contributed by atoms with Crippen LogP contribution < -0.4 is 0 Å². The number of benzene rings is 1. The zero-order valence-corrected chi connectivity index (χ0v) is 10.1. The summed E-state index contributed by atoms with van der Waals surface area (Å²) in [6.45, 7) is 2.24. The Bertz CT molecular complexity index is 439. The van der Waals surface area contributed by atoms with E-state index in [0.29, 0.717) is 0 Å². The van der Waals surface area contributed by atoms with Crippen LogP contribution in [0.5, 0.6) is 0 Å². The molecule has 0 saturated carbocycles. The van der Waals surface area contributed by atoms with Crippen molar-refractivity contribution in [2.45, 2.75) is 19.3 Å². The molecule has 0 radical (unpaired) electrons. The monoisotopic (exact) mass is 233 g/mol. The number of rotatable bonds is 4. The largest absolute Gasteiger partial charge is 0.396 e. The molecule has 1 aromatic carbocycles. The summed E-state index contributed by atoms with van der Waals surface area (Å²) in [5, 5.41) is 11.5. The van der Waals surface area contributed by atoms with Crippen LogP contribution in [0.4, 0.5) is 0 Å². The third-order valence-corrected chi connectivity index (χ3v) is 3.31. The number of aryl methyl sites for hydroxylation is 1. The third kappa shape index (κ3) is 2.68. The van der Waals surface area contributed by atoms with E-state index >= 15 is 0 Å². The van der Waals surface area contributed by atoms with E-state index < -0.39 is 0 Å². The molecule has 0 aliphatic carbocycles. The standard InChI is InChI=1S/C13H15NOS/c1-10-3-2-4-11(5-10)12(7-15)6-13-8-16-9-14-13/h2-5,8-9,12,15H,6-7H2,1H3. The average molecular weight is 233 g/mol. The zero-order valence-electron chi connectivity index (χ0n) is 9.26. The topological polar surface area (TPSA) is 33.1 Å². The fourth-order valence-corrected chi connectivity index (χ4v) is 2.37. The minimum atomic E-state index is 0.155. The molecular formula is C13H15NOS. The fourth-order valence-electron chi connectivity index (χ4n) is 1.80. The van der Waals surface area contributed by atoms with Crippen molar-refractivity contribution >= 4 is 11.3 Å². The van der Waals surface area contributed by atoms with Crippen molar-refractivity contribution in [3.05, 3.63) is 52.0 Å². The number of nitrogens with zero attached hydrogens (tertiary/aromatic N) is 1. The highest BCUT2D eigenvalue weighted by molar-refractivity contribution is 7.07. The molecule has 0 fully saturated rings. The predicted molar refractivity (Wildman–Crippen MR) is 66.8 cm³/mol. The van der Waals surface area contributed by atoms with Crippen LogP contribution in [-0.2, 0) is 6.42 Å². The highest BCUT2D eigenvalue weighted by atomic mass is 32.1. The normalized spacial score (nSPS) is 12.6. The van der Waals surface area contributed by atoms with E-state index in [9.17, 15) is 5.11 Å². The summed E-state index contributed by atoms with van der Waals surface area (Å²) in [5.41, 5.74) is 5.32. The first kappa shape index (κ1) is 11.3. The van der Waals surface area contributed by atoms with Gasteiger partial charge in [-0.05, 0) is 18.9 Å². The maximum absolute atomic E-state index is 9.44. The SMILES string of the molecule is Cc1cccc(C(CO)Cc2cscn2)c1. The van der Waals surface area contributed by atoms with Gasteiger partial charge in [0, 0.05) is 11.3 Å². The first-order valence-corrected chi connectivity index (χ1v) is 6.28. The molecule has 1 aromatic heterocycles. The molecule has 0 amide bonds. The lowest BCUT2D eigenvalue weighted by atomic mass is 9.94. The van der Waals surface area contributed by atoms with Gasteiger partial charge in [-0.15, -0.1) is 11.3 Å². The zero-order chi connectivity index (χ0) is 11.4. The van der Waals surface area contributed by atoms with Crippen molar-refractivity contribution < 1.29 is 5.11 Å². The van der Waals surface area contributed by atoms with Crippen LogP contribution in [0.25, 0.3) is 0 Å². The van der Waals surface area contributed by atoms with E-state index in [1.54, 1.807) is 11.3 Å². The van der Waals surface area contributed by atoms with Crippen molar-refractivity contribution in [2.24, 2.45) is 0 Å². The van der Waals surface area contributed by atoms with E-state index in [1.807, 2.05) is 17.0 Å². The van der Waals surface area contributed by atoms with Gasteiger partial charge in [0.2, 0.25) is 0 Å². The second-order valence-electron chi connectivity index (χ2n) is 3.98. The Hall–Kier alpha value is -1.19. The molecule has 0 saturated heterocycles. The smallest absolute Gasteiger partial charge is 0.0794 e. The number of aliphatic hydroxyl groups is 1. The highest BCUT2D eigenvalue weighted by Crippen LogP contribution is 2.21. The Labute approximate surface area is 99.6 Å². The molecule has 0 aliphatic rings. The number of hydrogen-bond donors (Lipinski definition) is 1. The minimum Gasteiger partial charge on any atom is -0.396 e. The van der Waals surface area contributed by atoms with E-state index in [1.165, 1.54) is 11.1 Å². The molecule has 1 atom stereocenters. The maximum atomic E-state index is 9.44. The third-order valence-electron chi connectivity index (χ3n) is 2.67. The van der Waals surface area contributed by atoms with Gasteiger partial charge in [-0.2, -0.15) is 0 Å². The van der Waals surface area contributed by atoms with Gasteiger partial charge >= 0.3 is 0 Å². The van der Waals surface area contributed by atoms with E-state index in [4.69, 9.17) is 0 Å². The Morgan fingerprint density at radius 3 is 2.94 bits per heavy atom. The lowest BCUT2D eigenvalue weighted by Gasteiger charge is -2.13. The summed E-state index contributed by atoms with van der Waals surface area (Å²) in [5.74, 6) is 0.155. The van der Waals surface area contributed by atoms with Crippen LogP contribution in [0.15, 0.2) is 35.2 Å². The summed E-state index contributed by atoms with van der Waals surface area (Å²) in [7, 11) is 0. The van der Waals surface area contributed by atoms with Crippen LogP contribution in [0, 0.1) is 6.92 Å². The second kappa shape index (κ2) is 5.23. The van der Waals surface area contributed by atoms with Gasteiger partial charge < -0.3 is 5.11 Å². The van der Waals surface area contributed by atoms with Gasteiger partial charge in [-0.25, -0.2) is 4.98 Å². The summed E-state index contributed by atoms with van der Waals surface area (Å²) in [6.07, 6.45) is 0.809. The minimum absolute atomic E-state index is 0.155. The van der Waals surface area contributed by atoms with E-state index in [2.05, 4.69) is 30.1 Å². The van der Waals surface area contributed by atoms with Crippen LogP contribution in [0.2, 0.25) is 0 Å². The molecule has 3 heteroatoms. The van der Waals surface area contributed by atoms with Gasteiger partial charge in [0.1, 0.15) is 0 Å². The summed E-state index contributed by atoms with van der Waals surface area (Å²) >= 11 is 1.60. The Balaban J connectivity index is 2.16. The molecule has 0 bridgehead atoms. The molecule has 16 heavy (non-hydrogen) atoms. The molecule has 1 heterocycles. The first-order valence-electron chi connectivity index (χ1n) is 5.34. The van der Waals surface area contributed by atoms with Crippen LogP contribution in [0.3, 0.4) is 0 Å². The van der Waals surface area contributed by atoms with E-state index in [0.717, 1.165) is 12.1 Å². The summed E-state index contributed by atoms with van der Waals surface area (Å²) in [6, 6.07) is 8.31. The van der Waals surface area contributed by atoms with Crippen LogP contribution >= 0.6 is 11.3 Å². The maximum Gasteiger partial charge on any atom is 0.0794 e. The number of hydrogen-bond acceptors (Lipinski definition) is 3. The predicted octanol–water partition coefficient (Wildman–Crippen LogP) is 2.77. The fraction of sp³-hybridized carbons (Fsp3) is 0.308. The Kier molecular flexibility index (Phi) is 3.70. The molecule has 2 rings (SSSR count). The van der Waals surface area contributed by atoms with Crippen LogP contribution in [0.1, 0.15) is 22.7 Å². The Morgan fingerprint density at radius 1 is 1.44 bits per heavy atom. The van der Waals surface area contributed by atoms with Gasteiger partial charge in [-0.3, -0.25) is 0 Å². The Morgan fingerprint density at radius 2 is 2.31 bits per heavy atom. The van der Waals surface area contributed by atoms with Crippen LogP contribution in [-0.4, -0.2) is 16.7 Å². The quantitative estimate of drug-likeness (QED) is 0.881. The first-order chi connectivity index (χ1) is 7.79. The summed E-state index contributed by atoms with van der Waals surface area (Å²) in [4.78, 5) is 4.26. The van der Waals surface area contributed by atoms with Crippen molar-refractivity contribution in [3.63, 3.8) is 0 Å². The lowest BCUT2D eigenvalue weighted by molar-refractivity contribution is 0.264. The van der Waals surface area contributed by atoms with Crippen molar-refractivity contribution in [1.82, 2.24) is 4.98 Å². The van der Waals surface area contributed by atoms with Gasteiger partial charge in [0.05, 0.1) is 17.8 Å². The van der Waals surface area contributed by atoms with Gasteiger partial charge in [-0.1, -0.05) is 29.8 Å². The molecule has 0 aliphatic heterocycles.